The van der Waals surface area contributed by atoms with Crippen LogP contribution in [0.1, 0.15) is 5.56 Å². The van der Waals surface area contributed by atoms with E-state index in [0.29, 0.717) is 0 Å². The van der Waals surface area contributed by atoms with Crippen molar-refractivity contribution in [2.75, 3.05) is 12.0 Å². The van der Waals surface area contributed by atoms with Crippen molar-refractivity contribution in [3.05, 3.63) is 54.1 Å². The van der Waals surface area contributed by atoms with Crippen LogP contribution in [0.2, 0.25) is 0 Å². The van der Waals surface area contributed by atoms with E-state index in [9.17, 15) is 5.02 Å². The zero-order valence-corrected chi connectivity index (χ0v) is 10.5. The van der Waals surface area contributed by atoms with E-state index >= 15 is 0 Å². The maximum absolute atomic E-state index is 10.4. The Bertz CT molecular complexity index is 630. The van der Waals surface area contributed by atoms with Crippen molar-refractivity contribution in [2.45, 2.75) is 0 Å². The highest BCUT2D eigenvalue weighted by Gasteiger charge is 2.29. The Balaban J connectivity index is 2.00. The van der Waals surface area contributed by atoms with Crippen molar-refractivity contribution < 1.29 is 9.76 Å². The minimum Gasteiger partial charge on any atom is -0.497 e. The lowest BCUT2D eigenvalue weighted by Gasteiger charge is -2.26. The molecule has 0 spiro atoms. The molecule has 0 aromatic heterocycles. The second-order valence-corrected chi connectivity index (χ2v) is 4.29. The van der Waals surface area contributed by atoms with Gasteiger partial charge in [0.05, 0.1) is 19.0 Å². The van der Waals surface area contributed by atoms with Gasteiger partial charge < -0.3 is 9.76 Å². The standard InChI is InChI=1S/C14H13BN2O2/c1-19-13-7-4-6-12(9-13)17-15(18)14-8-3-2-5-11(14)10-16-17/h2-10,18H,1H3. The van der Waals surface area contributed by atoms with Crippen LogP contribution in [0.5, 0.6) is 5.75 Å². The summed E-state index contributed by atoms with van der Waals surface area (Å²) >= 11 is 0. The molecular formula is C14H13BN2O2. The van der Waals surface area contributed by atoms with Gasteiger partial charge in [0, 0.05) is 6.07 Å². The van der Waals surface area contributed by atoms with Crippen LogP contribution in [0.25, 0.3) is 0 Å². The maximum atomic E-state index is 10.4. The molecule has 1 aliphatic heterocycles. The second-order valence-electron chi connectivity index (χ2n) is 4.29. The normalized spacial score (nSPS) is 13.4. The van der Waals surface area contributed by atoms with Gasteiger partial charge >= 0.3 is 7.05 Å². The molecule has 19 heavy (non-hydrogen) atoms. The smallest absolute Gasteiger partial charge is 0.471 e. The molecule has 1 N–H and O–H groups in total. The molecule has 0 saturated carbocycles. The van der Waals surface area contributed by atoms with E-state index in [1.54, 1.807) is 18.2 Å². The number of benzene rings is 2. The van der Waals surface area contributed by atoms with Gasteiger partial charge in [0.1, 0.15) is 5.75 Å². The first-order valence-electron chi connectivity index (χ1n) is 6.04. The van der Waals surface area contributed by atoms with Crippen LogP contribution in [0.15, 0.2) is 53.6 Å². The molecular weight excluding hydrogens is 239 g/mol. The Morgan fingerprint density at radius 3 is 2.84 bits per heavy atom. The summed E-state index contributed by atoms with van der Waals surface area (Å²) < 4.78 is 5.19. The van der Waals surface area contributed by atoms with E-state index in [2.05, 4.69) is 5.10 Å². The number of anilines is 1. The third kappa shape index (κ3) is 2.08. The van der Waals surface area contributed by atoms with Crippen LogP contribution < -0.4 is 15.1 Å². The van der Waals surface area contributed by atoms with E-state index in [4.69, 9.17) is 4.74 Å². The lowest BCUT2D eigenvalue weighted by atomic mass is 9.69. The molecule has 4 nitrogen and oxygen atoms in total. The number of methoxy groups -OCH3 is 1. The second kappa shape index (κ2) is 4.78. The number of fused-ring (bicyclic) bond motifs is 1. The zero-order chi connectivity index (χ0) is 13.2. The number of hydrogen-bond donors (Lipinski definition) is 1. The van der Waals surface area contributed by atoms with E-state index in [1.165, 1.54) is 0 Å². The number of nitrogens with zero attached hydrogens (tertiary/aromatic N) is 2. The highest BCUT2D eigenvalue weighted by molar-refractivity contribution is 6.71. The van der Waals surface area contributed by atoms with Crippen molar-refractivity contribution in [2.24, 2.45) is 5.10 Å². The van der Waals surface area contributed by atoms with E-state index in [1.807, 2.05) is 48.5 Å². The molecule has 5 heteroatoms. The summed E-state index contributed by atoms with van der Waals surface area (Å²) in [5.74, 6) is 0.735. The molecule has 0 amide bonds. The topological polar surface area (TPSA) is 45.1 Å². The first-order chi connectivity index (χ1) is 9.29. The molecule has 1 aliphatic rings. The molecule has 0 bridgehead atoms. The Morgan fingerprint density at radius 1 is 1.16 bits per heavy atom. The van der Waals surface area contributed by atoms with Crippen molar-refractivity contribution in [1.29, 1.82) is 0 Å². The average Bonchev–Trinajstić information content (AvgIpc) is 2.48. The van der Waals surface area contributed by atoms with Gasteiger partial charge in [-0.3, -0.25) is 4.92 Å². The third-order valence-corrected chi connectivity index (χ3v) is 3.14. The van der Waals surface area contributed by atoms with Gasteiger partial charge in [0.2, 0.25) is 0 Å². The number of ether oxygens (including phenoxy) is 1. The first kappa shape index (κ1) is 11.8. The summed E-state index contributed by atoms with van der Waals surface area (Å²) in [6.07, 6.45) is 1.75. The molecule has 0 fully saturated rings. The number of hydrazone groups is 1. The predicted molar refractivity (Wildman–Crippen MR) is 77.1 cm³/mol. The van der Waals surface area contributed by atoms with Crippen molar-refractivity contribution in [1.82, 2.24) is 0 Å². The Labute approximate surface area is 112 Å². The van der Waals surface area contributed by atoms with Gasteiger partial charge in [-0.15, -0.1) is 0 Å². The predicted octanol–water partition coefficient (Wildman–Crippen LogP) is 1.24. The van der Waals surface area contributed by atoms with Crippen molar-refractivity contribution in [3.8, 4) is 5.75 Å². The Morgan fingerprint density at radius 2 is 2.00 bits per heavy atom. The third-order valence-electron chi connectivity index (χ3n) is 3.14. The Hall–Kier alpha value is -2.27. The van der Waals surface area contributed by atoms with Crippen LogP contribution in [0.4, 0.5) is 5.69 Å². The van der Waals surface area contributed by atoms with Gasteiger partial charge in [-0.2, -0.15) is 5.10 Å². The summed E-state index contributed by atoms with van der Waals surface area (Å²) in [6.45, 7) is 0. The zero-order valence-electron chi connectivity index (χ0n) is 10.5. The van der Waals surface area contributed by atoms with Crippen LogP contribution in [0, 0.1) is 0 Å². The highest BCUT2D eigenvalue weighted by Crippen LogP contribution is 2.23. The monoisotopic (exact) mass is 252 g/mol. The fraction of sp³-hybridized carbons (Fsp3) is 0.0714. The van der Waals surface area contributed by atoms with Crippen LogP contribution in [-0.4, -0.2) is 25.4 Å². The van der Waals surface area contributed by atoms with E-state index < -0.39 is 7.05 Å². The quantitative estimate of drug-likeness (QED) is 0.818. The molecule has 3 rings (SSSR count). The molecule has 0 unspecified atom stereocenters. The van der Waals surface area contributed by atoms with Crippen molar-refractivity contribution >= 4 is 24.4 Å². The summed E-state index contributed by atoms with van der Waals surface area (Å²) in [5, 5.41) is 14.7. The molecule has 1 heterocycles. The fourth-order valence-electron chi connectivity index (χ4n) is 2.14. The summed E-state index contributed by atoms with van der Waals surface area (Å²) in [5.41, 5.74) is 2.58. The van der Waals surface area contributed by atoms with Gasteiger partial charge in [0.25, 0.3) is 0 Å². The van der Waals surface area contributed by atoms with E-state index in [-0.39, 0.29) is 0 Å². The minimum absolute atomic E-state index is 0.735. The van der Waals surface area contributed by atoms with Crippen molar-refractivity contribution in [3.63, 3.8) is 0 Å². The largest absolute Gasteiger partial charge is 0.497 e. The van der Waals surface area contributed by atoms with Crippen LogP contribution in [-0.2, 0) is 0 Å². The highest BCUT2D eigenvalue weighted by atomic mass is 16.5. The van der Waals surface area contributed by atoms with Crippen LogP contribution in [0.3, 0.4) is 0 Å². The molecule has 0 atom stereocenters. The maximum Gasteiger partial charge on any atom is 0.471 e. The van der Waals surface area contributed by atoms with Gasteiger partial charge in [-0.1, -0.05) is 30.3 Å². The fourth-order valence-corrected chi connectivity index (χ4v) is 2.14. The van der Waals surface area contributed by atoms with Gasteiger partial charge in [-0.25, -0.2) is 0 Å². The molecule has 2 aromatic rings. The number of hydrogen-bond acceptors (Lipinski definition) is 4. The number of rotatable bonds is 2. The first-order valence-corrected chi connectivity index (χ1v) is 6.04. The SMILES string of the molecule is COc1cccc(N2N=Cc3ccccc3B2O)c1. The molecule has 94 valence electrons. The molecule has 0 aliphatic carbocycles. The molecule has 0 saturated heterocycles. The van der Waals surface area contributed by atoms with Gasteiger partial charge in [0.15, 0.2) is 0 Å². The lowest BCUT2D eigenvalue weighted by molar-refractivity contribution is 0.415. The minimum atomic E-state index is -0.784. The summed E-state index contributed by atoms with van der Waals surface area (Å²) in [4.78, 5) is 1.57. The van der Waals surface area contributed by atoms with E-state index in [0.717, 1.165) is 22.5 Å². The summed E-state index contributed by atoms with van der Waals surface area (Å²) in [7, 11) is 0.831. The average molecular weight is 252 g/mol. The Kier molecular flexibility index (Phi) is 2.97. The summed E-state index contributed by atoms with van der Waals surface area (Å²) in [6, 6.07) is 15.1. The molecule has 0 radical (unpaired) electrons. The van der Waals surface area contributed by atoms with Gasteiger partial charge in [-0.05, 0) is 23.2 Å². The lowest BCUT2D eigenvalue weighted by Crippen LogP contribution is -2.50. The van der Waals surface area contributed by atoms with Crippen LogP contribution >= 0.6 is 0 Å². The molecule has 2 aromatic carbocycles.